The van der Waals surface area contributed by atoms with Crippen molar-refractivity contribution in [1.29, 1.82) is 0 Å². The number of hydrogen-bond donors (Lipinski definition) is 1. The molecule has 0 amide bonds. The molecule has 70 valence electrons. The van der Waals surface area contributed by atoms with Crippen LogP contribution in [0.2, 0.25) is 0 Å². The van der Waals surface area contributed by atoms with E-state index in [0.717, 1.165) is 0 Å². The van der Waals surface area contributed by atoms with E-state index in [9.17, 15) is 0 Å². The molecule has 1 aliphatic rings. The highest BCUT2D eigenvalue weighted by molar-refractivity contribution is 5.16. The van der Waals surface area contributed by atoms with Crippen LogP contribution in [0.3, 0.4) is 0 Å². The minimum Gasteiger partial charge on any atom is -0.314 e. The fourth-order valence-corrected chi connectivity index (χ4v) is 1.80. The summed E-state index contributed by atoms with van der Waals surface area (Å²) in [4.78, 5) is 0. The van der Waals surface area contributed by atoms with Gasteiger partial charge < -0.3 is 5.32 Å². The SMILES string of the molecule is CNC1(CCc2ccccc2)CC1. The Hall–Kier alpha value is -0.820. The highest BCUT2D eigenvalue weighted by atomic mass is 15.0. The van der Waals surface area contributed by atoms with Crippen LogP contribution in [-0.2, 0) is 6.42 Å². The van der Waals surface area contributed by atoms with Crippen molar-refractivity contribution in [1.82, 2.24) is 5.32 Å². The summed E-state index contributed by atoms with van der Waals surface area (Å²) in [7, 11) is 2.08. The van der Waals surface area contributed by atoms with E-state index >= 15 is 0 Å². The van der Waals surface area contributed by atoms with Gasteiger partial charge in [-0.3, -0.25) is 0 Å². The second-order valence-electron chi connectivity index (χ2n) is 4.02. The van der Waals surface area contributed by atoms with Gasteiger partial charge in [0.15, 0.2) is 0 Å². The highest BCUT2D eigenvalue weighted by Crippen LogP contribution is 2.38. The Bertz CT molecular complexity index is 262. The third-order valence-corrected chi connectivity index (χ3v) is 3.12. The van der Waals surface area contributed by atoms with Gasteiger partial charge >= 0.3 is 0 Å². The topological polar surface area (TPSA) is 12.0 Å². The maximum Gasteiger partial charge on any atom is 0.0183 e. The van der Waals surface area contributed by atoms with Crippen molar-refractivity contribution in [2.24, 2.45) is 0 Å². The summed E-state index contributed by atoms with van der Waals surface area (Å²) in [5.74, 6) is 0. The van der Waals surface area contributed by atoms with Gasteiger partial charge in [0.05, 0.1) is 0 Å². The second kappa shape index (κ2) is 3.51. The van der Waals surface area contributed by atoms with Crippen LogP contribution >= 0.6 is 0 Å². The van der Waals surface area contributed by atoms with Crippen molar-refractivity contribution < 1.29 is 0 Å². The number of rotatable bonds is 4. The van der Waals surface area contributed by atoms with Crippen molar-refractivity contribution in [2.75, 3.05) is 7.05 Å². The average molecular weight is 175 g/mol. The highest BCUT2D eigenvalue weighted by Gasteiger charge is 2.39. The predicted molar refractivity (Wildman–Crippen MR) is 55.8 cm³/mol. The molecule has 1 nitrogen and oxygen atoms in total. The smallest absolute Gasteiger partial charge is 0.0183 e. The van der Waals surface area contributed by atoms with Crippen molar-refractivity contribution in [3.63, 3.8) is 0 Å². The molecule has 1 heteroatoms. The van der Waals surface area contributed by atoms with Gasteiger partial charge in [0.1, 0.15) is 0 Å². The van der Waals surface area contributed by atoms with E-state index in [4.69, 9.17) is 0 Å². The lowest BCUT2D eigenvalue weighted by molar-refractivity contribution is 0.509. The van der Waals surface area contributed by atoms with Crippen LogP contribution in [0.15, 0.2) is 30.3 Å². The van der Waals surface area contributed by atoms with Crippen LogP contribution in [0, 0.1) is 0 Å². The molecule has 1 aromatic carbocycles. The summed E-state index contributed by atoms with van der Waals surface area (Å²) in [5, 5.41) is 3.42. The molecule has 0 saturated heterocycles. The molecule has 1 aromatic rings. The van der Waals surface area contributed by atoms with Gasteiger partial charge in [-0.2, -0.15) is 0 Å². The van der Waals surface area contributed by atoms with Crippen LogP contribution in [-0.4, -0.2) is 12.6 Å². The molecule has 0 radical (unpaired) electrons. The molecule has 2 rings (SSSR count). The third-order valence-electron chi connectivity index (χ3n) is 3.12. The first-order valence-electron chi connectivity index (χ1n) is 5.07. The van der Waals surface area contributed by atoms with Crippen LogP contribution in [0.4, 0.5) is 0 Å². The third kappa shape index (κ3) is 2.10. The van der Waals surface area contributed by atoms with Gasteiger partial charge in [-0.05, 0) is 38.3 Å². The minimum atomic E-state index is 0.496. The zero-order valence-corrected chi connectivity index (χ0v) is 8.22. The number of benzene rings is 1. The van der Waals surface area contributed by atoms with Crippen molar-refractivity contribution in [3.8, 4) is 0 Å². The van der Waals surface area contributed by atoms with E-state index in [-0.39, 0.29) is 0 Å². The van der Waals surface area contributed by atoms with Crippen molar-refractivity contribution in [2.45, 2.75) is 31.2 Å². The van der Waals surface area contributed by atoms with E-state index in [0.29, 0.717) is 5.54 Å². The lowest BCUT2D eigenvalue weighted by atomic mass is 10.0. The zero-order chi connectivity index (χ0) is 9.15. The van der Waals surface area contributed by atoms with E-state index in [1.165, 1.54) is 31.2 Å². The predicted octanol–water partition coefficient (Wildman–Crippen LogP) is 2.37. The first kappa shape index (κ1) is 8.76. The molecule has 0 unspecified atom stereocenters. The molecule has 0 atom stereocenters. The van der Waals surface area contributed by atoms with Gasteiger partial charge in [0.25, 0.3) is 0 Å². The lowest BCUT2D eigenvalue weighted by Crippen LogP contribution is -2.27. The van der Waals surface area contributed by atoms with Crippen molar-refractivity contribution in [3.05, 3.63) is 35.9 Å². The van der Waals surface area contributed by atoms with Gasteiger partial charge in [-0.15, -0.1) is 0 Å². The fraction of sp³-hybridized carbons (Fsp3) is 0.500. The van der Waals surface area contributed by atoms with Gasteiger partial charge in [0, 0.05) is 5.54 Å². The average Bonchev–Trinajstić information content (AvgIpc) is 2.97. The maximum absolute atomic E-state index is 3.42. The summed E-state index contributed by atoms with van der Waals surface area (Å²) in [5.41, 5.74) is 1.96. The first-order chi connectivity index (χ1) is 6.35. The molecule has 0 aliphatic heterocycles. The van der Waals surface area contributed by atoms with Crippen LogP contribution in [0.5, 0.6) is 0 Å². The Labute approximate surface area is 80.2 Å². The maximum atomic E-state index is 3.42. The molecule has 0 spiro atoms. The normalized spacial score (nSPS) is 18.5. The Morgan fingerprint density at radius 1 is 1.23 bits per heavy atom. The van der Waals surface area contributed by atoms with Crippen LogP contribution in [0.1, 0.15) is 24.8 Å². The van der Waals surface area contributed by atoms with E-state index in [2.05, 4.69) is 42.7 Å². The molecule has 1 saturated carbocycles. The van der Waals surface area contributed by atoms with Gasteiger partial charge in [-0.25, -0.2) is 0 Å². The summed E-state index contributed by atoms with van der Waals surface area (Å²) in [6, 6.07) is 10.7. The molecular weight excluding hydrogens is 158 g/mol. The van der Waals surface area contributed by atoms with Gasteiger partial charge in [-0.1, -0.05) is 30.3 Å². The van der Waals surface area contributed by atoms with E-state index < -0.39 is 0 Å². The second-order valence-corrected chi connectivity index (χ2v) is 4.02. The summed E-state index contributed by atoms with van der Waals surface area (Å²) < 4.78 is 0. The Kier molecular flexibility index (Phi) is 2.36. The molecule has 13 heavy (non-hydrogen) atoms. The van der Waals surface area contributed by atoms with Crippen LogP contribution < -0.4 is 5.32 Å². The van der Waals surface area contributed by atoms with Gasteiger partial charge in [0.2, 0.25) is 0 Å². The quantitative estimate of drug-likeness (QED) is 0.740. The molecule has 0 bridgehead atoms. The first-order valence-corrected chi connectivity index (χ1v) is 5.07. The monoisotopic (exact) mass is 175 g/mol. The molecule has 1 N–H and O–H groups in total. The largest absolute Gasteiger partial charge is 0.314 e. The fourth-order valence-electron chi connectivity index (χ4n) is 1.80. The lowest BCUT2D eigenvalue weighted by Gasteiger charge is -2.13. The standard InChI is InChI=1S/C12H17N/c1-13-12(9-10-12)8-7-11-5-3-2-4-6-11/h2-6,13H,7-10H2,1H3. The summed E-state index contributed by atoms with van der Waals surface area (Å²) >= 11 is 0. The Morgan fingerprint density at radius 3 is 2.46 bits per heavy atom. The summed E-state index contributed by atoms with van der Waals surface area (Å²) in [6.45, 7) is 0. The van der Waals surface area contributed by atoms with E-state index in [1.54, 1.807) is 0 Å². The van der Waals surface area contributed by atoms with Crippen LogP contribution in [0.25, 0.3) is 0 Å². The van der Waals surface area contributed by atoms with E-state index in [1.807, 2.05) is 0 Å². The number of hydrogen-bond acceptors (Lipinski definition) is 1. The molecule has 0 aromatic heterocycles. The zero-order valence-electron chi connectivity index (χ0n) is 8.22. The molecule has 0 heterocycles. The number of nitrogens with one attached hydrogen (secondary N) is 1. The molecule has 1 fully saturated rings. The Balaban J connectivity index is 1.86. The molecule has 1 aliphatic carbocycles. The number of aryl methyl sites for hydroxylation is 1. The van der Waals surface area contributed by atoms with Crippen molar-refractivity contribution >= 4 is 0 Å². The minimum absolute atomic E-state index is 0.496. The molecular formula is C12H17N. The summed E-state index contributed by atoms with van der Waals surface area (Å²) in [6.07, 6.45) is 5.21. The Morgan fingerprint density at radius 2 is 1.92 bits per heavy atom.